The number of anilines is 1. The lowest BCUT2D eigenvalue weighted by Crippen LogP contribution is -2.14. The van der Waals surface area contributed by atoms with Gasteiger partial charge in [0.15, 0.2) is 0 Å². The van der Waals surface area contributed by atoms with Crippen molar-refractivity contribution in [3.05, 3.63) is 64.9 Å². The summed E-state index contributed by atoms with van der Waals surface area (Å²) in [5.74, 6) is -0.141. The van der Waals surface area contributed by atoms with Crippen molar-refractivity contribution in [2.45, 2.75) is 19.9 Å². The normalized spacial score (nSPS) is 11.0. The van der Waals surface area contributed by atoms with Gasteiger partial charge in [-0.25, -0.2) is 9.97 Å². The smallest absolute Gasteiger partial charge is 0.230 e. The van der Waals surface area contributed by atoms with Crippen LogP contribution in [0.1, 0.15) is 12.6 Å². The Balaban J connectivity index is 1.56. The molecule has 4 aromatic rings. The van der Waals surface area contributed by atoms with Crippen LogP contribution < -0.4 is 5.32 Å². The maximum Gasteiger partial charge on any atom is 0.230 e. The number of hydrogen-bond acceptors (Lipinski definition) is 4. The van der Waals surface area contributed by atoms with Crippen LogP contribution in [-0.2, 0) is 17.8 Å². The topological polar surface area (TPSA) is 59.8 Å². The number of aromatic nitrogens is 3. The van der Waals surface area contributed by atoms with E-state index in [0.29, 0.717) is 10.7 Å². The van der Waals surface area contributed by atoms with Crippen LogP contribution in [-0.4, -0.2) is 20.4 Å². The number of thiazole rings is 1. The molecule has 0 unspecified atom stereocenters. The molecule has 0 spiro atoms. The molecule has 1 aromatic carbocycles. The highest BCUT2D eigenvalue weighted by Gasteiger charge is 2.15. The van der Waals surface area contributed by atoms with Crippen LogP contribution in [0.25, 0.3) is 21.6 Å². The van der Waals surface area contributed by atoms with E-state index in [1.807, 2.05) is 23.6 Å². The quantitative estimate of drug-likeness (QED) is 0.515. The van der Waals surface area contributed by atoms with Gasteiger partial charge in [-0.05, 0) is 31.2 Å². The van der Waals surface area contributed by atoms with Gasteiger partial charge in [0.05, 0.1) is 22.8 Å². The number of amides is 1. The van der Waals surface area contributed by atoms with Crippen molar-refractivity contribution >= 4 is 45.6 Å². The molecule has 1 amide bonds. The van der Waals surface area contributed by atoms with Crippen molar-refractivity contribution in [1.82, 2.24) is 14.5 Å². The van der Waals surface area contributed by atoms with Crippen molar-refractivity contribution in [3.8, 4) is 10.6 Å². The van der Waals surface area contributed by atoms with E-state index >= 15 is 0 Å². The molecule has 0 aliphatic carbocycles. The molecule has 0 fully saturated rings. The summed E-state index contributed by atoms with van der Waals surface area (Å²) >= 11 is 7.62. The van der Waals surface area contributed by atoms with E-state index < -0.39 is 0 Å². The first-order chi connectivity index (χ1) is 13.2. The molecule has 0 atom stereocenters. The number of aryl methyl sites for hydroxylation is 1. The van der Waals surface area contributed by atoms with E-state index in [0.717, 1.165) is 33.8 Å². The standard InChI is InChI=1S/C20H17ClN4OS/c1-2-25-11-15(14-6-5-9-22-19(14)25)20-23-13(12-27-20)10-18(26)24-17-8-4-3-7-16(17)21/h3-9,11-12H,2,10H2,1H3,(H,24,26). The third kappa shape index (κ3) is 3.59. The Morgan fingerprint density at radius 3 is 2.93 bits per heavy atom. The fraction of sp³-hybridized carbons (Fsp3) is 0.150. The summed E-state index contributed by atoms with van der Waals surface area (Å²) in [5, 5.41) is 7.23. The van der Waals surface area contributed by atoms with Crippen molar-refractivity contribution in [1.29, 1.82) is 0 Å². The molecule has 4 rings (SSSR count). The van der Waals surface area contributed by atoms with E-state index in [4.69, 9.17) is 11.6 Å². The minimum atomic E-state index is -0.141. The van der Waals surface area contributed by atoms with Gasteiger partial charge in [0.1, 0.15) is 10.7 Å². The number of carbonyl (C=O) groups excluding carboxylic acids is 1. The highest BCUT2D eigenvalue weighted by atomic mass is 35.5. The molecule has 7 heteroatoms. The molecule has 0 saturated heterocycles. The summed E-state index contributed by atoms with van der Waals surface area (Å²) in [6.07, 6.45) is 4.07. The van der Waals surface area contributed by atoms with Crippen LogP contribution >= 0.6 is 22.9 Å². The van der Waals surface area contributed by atoms with Crippen LogP contribution in [0, 0.1) is 0 Å². The van der Waals surface area contributed by atoms with E-state index in [-0.39, 0.29) is 12.3 Å². The van der Waals surface area contributed by atoms with Gasteiger partial charge < -0.3 is 9.88 Å². The summed E-state index contributed by atoms with van der Waals surface area (Å²) in [7, 11) is 0. The van der Waals surface area contributed by atoms with Crippen molar-refractivity contribution < 1.29 is 4.79 Å². The number of pyridine rings is 1. The fourth-order valence-electron chi connectivity index (χ4n) is 2.97. The molecule has 0 bridgehead atoms. The summed E-state index contributed by atoms with van der Waals surface area (Å²) < 4.78 is 2.11. The molecule has 0 radical (unpaired) electrons. The van der Waals surface area contributed by atoms with Gasteiger partial charge in [-0.2, -0.15) is 0 Å². The first kappa shape index (κ1) is 17.7. The van der Waals surface area contributed by atoms with Gasteiger partial charge in [0, 0.05) is 35.3 Å². The molecular weight excluding hydrogens is 380 g/mol. The lowest BCUT2D eigenvalue weighted by atomic mass is 10.2. The maximum absolute atomic E-state index is 12.3. The zero-order chi connectivity index (χ0) is 18.8. The molecule has 0 aliphatic heterocycles. The molecule has 1 N–H and O–H groups in total. The average molecular weight is 397 g/mol. The van der Waals surface area contributed by atoms with Gasteiger partial charge in [-0.15, -0.1) is 11.3 Å². The van der Waals surface area contributed by atoms with Crippen molar-refractivity contribution in [3.63, 3.8) is 0 Å². The molecule has 136 valence electrons. The molecule has 5 nitrogen and oxygen atoms in total. The van der Waals surface area contributed by atoms with Gasteiger partial charge in [0.2, 0.25) is 5.91 Å². The van der Waals surface area contributed by atoms with Gasteiger partial charge in [-0.3, -0.25) is 4.79 Å². The first-order valence-corrected chi connectivity index (χ1v) is 9.84. The lowest BCUT2D eigenvalue weighted by molar-refractivity contribution is -0.115. The number of rotatable bonds is 5. The number of nitrogens with one attached hydrogen (secondary N) is 1. The van der Waals surface area contributed by atoms with Crippen LogP contribution in [0.15, 0.2) is 54.2 Å². The van der Waals surface area contributed by atoms with Crippen molar-refractivity contribution in [2.24, 2.45) is 0 Å². The Morgan fingerprint density at radius 2 is 2.11 bits per heavy atom. The Bertz CT molecular complexity index is 1120. The number of hydrogen-bond donors (Lipinski definition) is 1. The Kier molecular flexibility index (Phi) is 4.92. The Hall–Kier alpha value is -2.70. The predicted octanol–water partition coefficient (Wildman–Crippen LogP) is 5.01. The molecule has 0 saturated carbocycles. The van der Waals surface area contributed by atoms with E-state index in [1.165, 1.54) is 11.3 Å². The maximum atomic E-state index is 12.3. The number of benzene rings is 1. The monoisotopic (exact) mass is 396 g/mol. The SMILES string of the molecule is CCn1cc(-c2nc(CC(=O)Nc3ccccc3Cl)cs2)c2cccnc21. The van der Waals surface area contributed by atoms with Crippen LogP contribution in [0.2, 0.25) is 5.02 Å². The molecular formula is C20H17ClN4OS. The third-order valence-electron chi connectivity index (χ3n) is 4.25. The number of fused-ring (bicyclic) bond motifs is 1. The minimum absolute atomic E-state index is 0.141. The summed E-state index contributed by atoms with van der Waals surface area (Å²) in [5.41, 5.74) is 3.34. The number of para-hydroxylation sites is 1. The minimum Gasteiger partial charge on any atom is -0.332 e. The second kappa shape index (κ2) is 7.50. The highest BCUT2D eigenvalue weighted by molar-refractivity contribution is 7.13. The molecule has 0 aliphatic rings. The Labute approximate surface area is 165 Å². The van der Waals surface area contributed by atoms with Crippen LogP contribution in [0.3, 0.4) is 0 Å². The fourth-order valence-corrected chi connectivity index (χ4v) is 3.99. The summed E-state index contributed by atoms with van der Waals surface area (Å²) in [6.45, 7) is 2.93. The largest absolute Gasteiger partial charge is 0.332 e. The van der Waals surface area contributed by atoms with Gasteiger partial charge in [-0.1, -0.05) is 23.7 Å². The van der Waals surface area contributed by atoms with Crippen LogP contribution in [0.5, 0.6) is 0 Å². The third-order valence-corrected chi connectivity index (χ3v) is 5.50. The summed E-state index contributed by atoms with van der Waals surface area (Å²) in [6, 6.07) is 11.2. The van der Waals surface area contributed by atoms with Gasteiger partial charge in [0.25, 0.3) is 0 Å². The zero-order valence-corrected chi connectivity index (χ0v) is 16.2. The zero-order valence-electron chi connectivity index (χ0n) is 14.6. The number of nitrogens with zero attached hydrogens (tertiary/aromatic N) is 3. The van der Waals surface area contributed by atoms with E-state index in [9.17, 15) is 4.79 Å². The van der Waals surface area contributed by atoms with E-state index in [1.54, 1.807) is 18.3 Å². The first-order valence-electron chi connectivity index (χ1n) is 8.58. The second-order valence-electron chi connectivity index (χ2n) is 6.05. The molecule has 27 heavy (non-hydrogen) atoms. The highest BCUT2D eigenvalue weighted by Crippen LogP contribution is 2.32. The number of carbonyl (C=O) groups is 1. The van der Waals surface area contributed by atoms with E-state index in [2.05, 4.69) is 39.0 Å². The predicted molar refractivity (Wildman–Crippen MR) is 110 cm³/mol. The average Bonchev–Trinajstić information content (AvgIpc) is 3.27. The molecule has 3 heterocycles. The van der Waals surface area contributed by atoms with Gasteiger partial charge >= 0.3 is 0 Å². The van der Waals surface area contributed by atoms with Crippen molar-refractivity contribution in [2.75, 3.05) is 5.32 Å². The molecule has 3 aromatic heterocycles. The van der Waals surface area contributed by atoms with Crippen LogP contribution in [0.4, 0.5) is 5.69 Å². The second-order valence-corrected chi connectivity index (χ2v) is 7.32. The Morgan fingerprint density at radius 1 is 1.26 bits per heavy atom. The summed E-state index contributed by atoms with van der Waals surface area (Å²) in [4.78, 5) is 21.5. The number of halogens is 1. The lowest BCUT2D eigenvalue weighted by Gasteiger charge is -2.05.